The number of hydrogen-bond donors (Lipinski definition) is 3. The quantitative estimate of drug-likeness (QED) is 0.417. The van der Waals surface area contributed by atoms with E-state index in [0.717, 1.165) is 38.5 Å². The Morgan fingerprint density at radius 1 is 0.424 bits per heavy atom. The van der Waals surface area contributed by atoms with Gasteiger partial charge in [0.25, 0.3) is 0 Å². The molecule has 0 bridgehead atoms. The van der Waals surface area contributed by atoms with E-state index in [1.807, 2.05) is 139 Å². The molecule has 0 saturated carbocycles. The second-order valence-electron chi connectivity index (χ2n) is 8.88. The fourth-order valence-corrected chi connectivity index (χ4v) is 1.32. The molecular formula is C27H66N3O3+3. The predicted octanol–water partition coefficient (Wildman–Crippen LogP) is 4.65. The highest BCUT2D eigenvalue weighted by atomic mass is 16.3. The van der Waals surface area contributed by atoms with Gasteiger partial charge in [0.2, 0.25) is 0 Å². The molecule has 3 N–H and O–H groups in total. The van der Waals surface area contributed by atoms with Gasteiger partial charge in [0.05, 0.1) is 19.3 Å². The number of aliphatic hydroxyl groups excluding tert-OH is 3. The first-order valence-electron chi connectivity index (χ1n) is 12.5. The van der Waals surface area contributed by atoms with Crippen LogP contribution in [-0.4, -0.2) is 112 Å². The number of hydrogen-bond acceptors (Lipinski definition) is 6. The standard InChI is InChI=1S/3C6H13O.3C3H9N/c3*1-3-5-6(7)4-2;3*1-4(2)3/h3*5-7H,3-4H2,1-2H3;3*1-3H3/q3*+1;;;. The van der Waals surface area contributed by atoms with Gasteiger partial charge in [-0.3, -0.25) is 0 Å². The van der Waals surface area contributed by atoms with Crippen LogP contribution in [0.25, 0.3) is 0 Å². The van der Waals surface area contributed by atoms with Crippen LogP contribution in [0, 0.1) is 19.3 Å². The maximum Gasteiger partial charge on any atom is 0.194 e. The van der Waals surface area contributed by atoms with E-state index in [1.54, 1.807) is 0 Å². The molecule has 0 rings (SSSR count). The lowest BCUT2D eigenvalue weighted by Gasteiger charge is -1.91. The molecule has 3 atom stereocenters. The maximum atomic E-state index is 8.80. The fourth-order valence-electron chi connectivity index (χ4n) is 1.32. The van der Waals surface area contributed by atoms with Gasteiger partial charge in [0.1, 0.15) is 19.3 Å². The molecule has 0 aromatic carbocycles. The van der Waals surface area contributed by atoms with E-state index in [2.05, 4.69) is 0 Å². The largest absolute Gasteiger partial charge is 0.353 e. The molecule has 0 radical (unpaired) electrons. The third kappa shape index (κ3) is 131. The first-order chi connectivity index (χ1) is 15.1. The summed E-state index contributed by atoms with van der Waals surface area (Å²) < 4.78 is 0. The monoisotopic (exact) mass is 481 g/mol. The molecule has 0 amide bonds. The first-order valence-corrected chi connectivity index (χ1v) is 12.5. The summed E-state index contributed by atoms with van der Waals surface area (Å²) in [7, 11) is 18.0. The summed E-state index contributed by atoms with van der Waals surface area (Å²) in [6.07, 6.45) is 10.6. The smallest absolute Gasteiger partial charge is 0.194 e. The number of nitrogens with zero attached hydrogens (tertiary/aromatic N) is 3. The summed E-state index contributed by atoms with van der Waals surface area (Å²) >= 11 is 0. The third-order valence-corrected chi connectivity index (χ3v) is 2.78. The second-order valence-corrected chi connectivity index (χ2v) is 8.88. The van der Waals surface area contributed by atoms with Crippen LogP contribution in [0.1, 0.15) is 80.1 Å². The van der Waals surface area contributed by atoms with Gasteiger partial charge >= 0.3 is 0 Å². The van der Waals surface area contributed by atoms with Gasteiger partial charge in [0.15, 0.2) is 18.3 Å². The SMILES string of the molecule is CC[CH+]C(O)CC.CC[CH+]C(O)CC.CC[CH+]C(O)CC.CN(C)C.CN(C)C.CN(C)C. The van der Waals surface area contributed by atoms with E-state index in [-0.39, 0.29) is 18.3 Å². The second kappa shape index (κ2) is 41.6. The van der Waals surface area contributed by atoms with E-state index in [4.69, 9.17) is 15.3 Å². The van der Waals surface area contributed by atoms with Crippen molar-refractivity contribution in [2.75, 3.05) is 63.4 Å². The molecule has 0 aromatic heterocycles. The van der Waals surface area contributed by atoms with Gasteiger partial charge in [-0.25, -0.2) is 0 Å². The van der Waals surface area contributed by atoms with Crippen molar-refractivity contribution in [1.29, 1.82) is 0 Å². The van der Waals surface area contributed by atoms with Crippen molar-refractivity contribution in [3.63, 3.8) is 0 Å². The number of aliphatic hydroxyl groups is 3. The Morgan fingerprint density at radius 2 is 0.545 bits per heavy atom. The van der Waals surface area contributed by atoms with E-state index in [0.29, 0.717) is 0 Å². The van der Waals surface area contributed by atoms with Gasteiger partial charge in [-0.2, -0.15) is 0 Å². The zero-order chi connectivity index (χ0) is 27.8. The Balaban J connectivity index is -0.0000000677. The van der Waals surface area contributed by atoms with Crippen molar-refractivity contribution in [3.05, 3.63) is 19.3 Å². The van der Waals surface area contributed by atoms with Gasteiger partial charge < -0.3 is 30.0 Å². The molecule has 204 valence electrons. The highest BCUT2D eigenvalue weighted by Gasteiger charge is 2.06. The molecule has 0 heterocycles. The van der Waals surface area contributed by atoms with E-state index in [1.165, 1.54) is 0 Å². The predicted molar refractivity (Wildman–Crippen MR) is 151 cm³/mol. The Morgan fingerprint density at radius 3 is 0.576 bits per heavy atom. The van der Waals surface area contributed by atoms with Gasteiger partial charge in [-0.1, -0.05) is 20.8 Å². The summed E-state index contributed by atoms with van der Waals surface area (Å²) in [6.45, 7) is 12.0. The zero-order valence-corrected chi connectivity index (χ0v) is 25.4. The molecule has 0 aliphatic heterocycles. The molecular weight excluding hydrogens is 414 g/mol. The van der Waals surface area contributed by atoms with Crippen LogP contribution in [-0.2, 0) is 0 Å². The van der Waals surface area contributed by atoms with Crippen molar-refractivity contribution in [2.45, 2.75) is 98.4 Å². The lowest BCUT2D eigenvalue weighted by atomic mass is 10.2. The van der Waals surface area contributed by atoms with Crippen LogP contribution in [0.4, 0.5) is 0 Å². The molecule has 33 heavy (non-hydrogen) atoms. The summed E-state index contributed by atoms with van der Waals surface area (Å²) in [6, 6.07) is 0. The van der Waals surface area contributed by atoms with E-state index >= 15 is 0 Å². The van der Waals surface area contributed by atoms with Crippen molar-refractivity contribution < 1.29 is 15.3 Å². The Labute approximate surface area is 211 Å². The van der Waals surface area contributed by atoms with Crippen LogP contribution in [0.15, 0.2) is 0 Å². The average molecular weight is 481 g/mol. The normalized spacial score (nSPS) is 11.9. The van der Waals surface area contributed by atoms with Gasteiger partial charge in [-0.05, 0) is 84.2 Å². The topological polar surface area (TPSA) is 70.4 Å². The third-order valence-electron chi connectivity index (χ3n) is 2.78. The zero-order valence-electron chi connectivity index (χ0n) is 25.4. The summed E-state index contributed by atoms with van der Waals surface area (Å²) in [5.41, 5.74) is 0. The Bertz CT molecular complexity index is 228. The highest BCUT2D eigenvalue weighted by Crippen LogP contribution is 1.97. The summed E-state index contributed by atoms with van der Waals surface area (Å²) in [5, 5.41) is 26.4. The molecule has 0 saturated heterocycles. The van der Waals surface area contributed by atoms with Crippen molar-refractivity contribution in [2.24, 2.45) is 0 Å². The molecule has 0 aliphatic carbocycles. The first kappa shape index (κ1) is 45.8. The molecule has 0 aromatic rings. The fraction of sp³-hybridized carbons (Fsp3) is 0.889. The molecule has 6 nitrogen and oxygen atoms in total. The van der Waals surface area contributed by atoms with Crippen LogP contribution < -0.4 is 0 Å². The van der Waals surface area contributed by atoms with Gasteiger partial charge in [0, 0.05) is 19.3 Å². The van der Waals surface area contributed by atoms with Crippen molar-refractivity contribution in [1.82, 2.24) is 14.7 Å². The lowest BCUT2D eigenvalue weighted by molar-refractivity contribution is 0.199. The van der Waals surface area contributed by atoms with Crippen molar-refractivity contribution >= 4 is 0 Å². The molecule has 0 spiro atoms. The van der Waals surface area contributed by atoms with Crippen molar-refractivity contribution in [3.8, 4) is 0 Å². The molecule has 6 heteroatoms. The van der Waals surface area contributed by atoms with Crippen LogP contribution in [0.3, 0.4) is 0 Å². The molecule has 3 unspecified atom stereocenters. The Hall–Kier alpha value is -0.630. The minimum atomic E-state index is -0.176. The maximum absolute atomic E-state index is 8.80. The summed E-state index contributed by atoms with van der Waals surface area (Å²) in [4.78, 5) is 6.00. The Kier molecular flexibility index (Phi) is 57.8. The molecule has 0 aliphatic rings. The minimum absolute atomic E-state index is 0.176. The summed E-state index contributed by atoms with van der Waals surface area (Å²) in [5.74, 6) is 0. The van der Waals surface area contributed by atoms with E-state index in [9.17, 15) is 0 Å². The molecule has 0 fully saturated rings. The van der Waals surface area contributed by atoms with Crippen LogP contribution >= 0.6 is 0 Å². The van der Waals surface area contributed by atoms with Gasteiger partial charge in [-0.15, -0.1) is 0 Å². The average Bonchev–Trinajstić information content (AvgIpc) is 2.68. The van der Waals surface area contributed by atoms with E-state index < -0.39 is 0 Å². The van der Waals surface area contributed by atoms with Crippen LogP contribution in [0.5, 0.6) is 0 Å². The number of rotatable bonds is 9. The minimum Gasteiger partial charge on any atom is -0.353 e. The lowest BCUT2D eigenvalue weighted by Crippen LogP contribution is -2.02. The van der Waals surface area contributed by atoms with Crippen LogP contribution in [0.2, 0.25) is 0 Å². The highest BCUT2D eigenvalue weighted by molar-refractivity contribution is 4.71.